The van der Waals surface area contributed by atoms with Crippen molar-refractivity contribution >= 4 is 23.5 Å². The summed E-state index contributed by atoms with van der Waals surface area (Å²) in [5.41, 5.74) is 2.48. The van der Waals surface area contributed by atoms with Crippen molar-refractivity contribution in [2.45, 2.75) is 12.2 Å². The van der Waals surface area contributed by atoms with E-state index >= 15 is 0 Å². The fourth-order valence-corrected chi connectivity index (χ4v) is 4.24. The quantitative estimate of drug-likeness (QED) is 0.716. The highest BCUT2D eigenvalue weighted by Crippen LogP contribution is 2.45. The molecule has 1 aliphatic rings. The maximum atomic E-state index is 12.3. The molecule has 0 fully saturated rings. The van der Waals surface area contributed by atoms with Crippen molar-refractivity contribution in [3.63, 3.8) is 0 Å². The zero-order valence-electron chi connectivity index (χ0n) is 14.7. The van der Waals surface area contributed by atoms with Crippen LogP contribution in [0.25, 0.3) is 5.95 Å². The largest absolute Gasteiger partial charge is 0.504 e. The summed E-state index contributed by atoms with van der Waals surface area (Å²) in [6.45, 7) is 1.88. The van der Waals surface area contributed by atoms with Crippen molar-refractivity contribution in [1.29, 1.82) is 0 Å². The van der Waals surface area contributed by atoms with Gasteiger partial charge >= 0.3 is 0 Å². The lowest BCUT2D eigenvalue weighted by atomic mass is 10.0. The molecule has 0 saturated carbocycles. The molecule has 3 heterocycles. The van der Waals surface area contributed by atoms with Crippen LogP contribution in [0.4, 0.5) is 5.82 Å². The van der Waals surface area contributed by atoms with Crippen LogP contribution in [0.3, 0.4) is 0 Å². The van der Waals surface area contributed by atoms with Crippen LogP contribution in [-0.2, 0) is 4.79 Å². The molecule has 0 aliphatic carbocycles. The van der Waals surface area contributed by atoms with E-state index in [1.165, 1.54) is 18.9 Å². The monoisotopic (exact) mass is 383 g/mol. The Morgan fingerprint density at radius 1 is 1.33 bits per heavy atom. The Kier molecular flexibility index (Phi) is 4.44. The van der Waals surface area contributed by atoms with Gasteiger partial charge in [-0.15, -0.1) is 11.8 Å². The number of aryl methyl sites for hydroxylation is 1. The molecule has 3 aromatic rings. The van der Waals surface area contributed by atoms with Crippen LogP contribution in [0.5, 0.6) is 11.5 Å². The van der Waals surface area contributed by atoms with Crippen molar-refractivity contribution in [1.82, 2.24) is 19.7 Å². The Labute approximate surface area is 159 Å². The number of methoxy groups -OCH3 is 1. The Hall–Kier alpha value is -3.07. The van der Waals surface area contributed by atoms with Crippen LogP contribution in [0, 0.1) is 6.92 Å². The molecule has 27 heavy (non-hydrogen) atoms. The zero-order chi connectivity index (χ0) is 19.0. The normalized spacial score (nSPS) is 16.4. The number of rotatable bonds is 3. The number of thioether (sulfide) groups is 1. The average Bonchev–Trinajstić information content (AvgIpc) is 2.88. The number of nitrogens with one attached hydrogen (secondary N) is 1. The van der Waals surface area contributed by atoms with E-state index in [0.29, 0.717) is 17.5 Å². The van der Waals surface area contributed by atoms with Gasteiger partial charge in [0.25, 0.3) is 5.95 Å². The van der Waals surface area contributed by atoms with E-state index in [2.05, 4.69) is 20.4 Å². The molecular weight excluding hydrogens is 366 g/mol. The number of anilines is 1. The average molecular weight is 383 g/mol. The molecule has 0 saturated heterocycles. The zero-order valence-corrected chi connectivity index (χ0v) is 15.5. The molecule has 2 N–H and O–H groups in total. The molecule has 9 heteroatoms. The summed E-state index contributed by atoms with van der Waals surface area (Å²) in [7, 11) is 1.50. The Morgan fingerprint density at radius 2 is 2.11 bits per heavy atom. The SMILES string of the molecule is COc1ccc([C@@H]2SCC(=O)Nc3c2c(C)nn3-c2ncccn2)cc1O. The first-order chi connectivity index (χ1) is 13.1. The Balaban J connectivity index is 1.87. The number of ether oxygens (including phenoxy) is 1. The Morgan fingerprint density at radius 3 is 2.81 bits per heavy atom. The van der Waals surface area contributed by atoms with Gasteiger partial charge in [0.05, 0.1) is 23.8 Å². The van der Waals surface area contributed by atoms with Crippen molar-refractivity contribution < 1.29 is 14.6 Å². The van der Waals surface area contributed by atoms with Crippen LogP contribution in [-0.4, -0.2) is 43.6 Å². The van der Waals surface area contributed by atoms with Crippen molar-refractivity contribution in [2.24, 2.45) is 0 Å². The molecule has 138 valence electrons. The number of amides is 1. The lowest BCUT2D eigenvalue weighted by Crippen LogP contribution is -2.16. The first-order valence-corrected chi connectivity index (χ1v) is 9.28. The maximum absolute atomic E-state index is 12.3. The summed E-state index contributed by atoms with van der Waals surface area (Å²) >= 11 is 1.47. The summed E-state index contributed by atoms with van der Waals surface area (Å²) in [4.78, 5) is 20.8. The van der Waals surface area contributed by atoms with Gasteiger partial charge in [0, 0.05) is 18.0 Å². The van der Waals surface area contributed by atoms with Crippen LogP contribution >= 0.6 is 11.8 Å². The summed E-state index contributed by atoms with van der Waals surface area (Å²) in [5.74, 6) is 1.54. The molecule has 0 unspecified atom stereocenters. The van der Waals surface area contributed by atoms with E-state index in [1.807, 2.05) is 13.0 Å². The smallest absolute Gasteiger partial charge is 0.252 e. The third-order valence-corrected chi connectivity index (χ3v) is 5.53. The minimum absolute atomic E-state index is 0.0529. The number of aromatic nitrogens is 4. The van der Waals surface area contributed by atoms with Crippen LogP contribution in [0.1, 0.15) is 22.1 Å². The van der Waals surface area contributed by atoms with Gasteiger partial charge in [-0.25, -0.2) is 9.97 Å². The fraction of sp³-hybridized carbons (Fsp3) is 0.222. The molecule has 0 spiro atoms. The predicted octanol–water partition coefficient (Wildman–Crippen LogP) is 2.46. The highest BCUT2D eigenvalue weighted by atomic mass is 32.2. The van der Waals surface area contributed by atoms with E-state index in [1.54, 1.807) is 35.3 Å². The van der Waals surface area contributed by atoms with Crippen LogP contribution in [0.15, 0.2) is 36.7 Å². The second-order valence-corrected chi connectivity index (χ2v) is 7.07. The molecule has 1 amide bonds. The van der Waals surface area contributed by atoms with E-state index in [0.717, 1.165) is 16.8 Å². The molecule has 0 bridgehead atoms. The van der Waals surface area contributed by atoms with Gasteiger partial charge in [-0.1, -0.05) is 6.07 Å². The number of benzene rings is 1. The van der Waals surface area contributed by atoms with Crippen molar-refractivity contribution in [2.75, 3.05) is 18.2 Å². The molecule has 1 aromatic carbocycles. The first kappa shape index (κ1) is 17.3. The summed E-state index contributed by atoms with van der Waals surface area (Å²) < 4.78 is 6.67. The number of hydrogen-bond donors (Lipinski definition) is 2. The fourth-order valence-electron chi connectivity index (χ4n) is 3.06. The number of carbonyl (C=O) groups is 1. The standard InChI is InChI=1S/C18H17N5O3S/c1-10-15-16(11-4-5-13(26-2)12(24)8-11)27-9-14(25)21-17(15)23(22-10)18-19-6-3-7-20-18/h3-8,16,24H,9H2,1-2H3,(H,21,25)/t16-/m0/s1. The third kappa shape index (κ3) is 3.10. The van der Waals surface area contributed by atoms with Gasteiger partial charge in [-0.3, -0.25) is 4.79 Å². The number of phenolic OH excluding ortho intramolecular Hbond substituents is 1. The maximum Gasteiger partial charge on any atom is 0.252 e. The second-order valence-electron chi connectivity index (χ2n) is 5.98. The van der Waals surface area contributed by atoms with E-state index < -0.39 is 0 Å². The van der Waals surface area contributed by atoms with Gasteiger partial charge in [-0.05, 0) is 30.7 Å². The summed E-state index contributed by atoms with van der Waals surface area (Å²) in [6.07, 6.45) is 3.25. The highest BCUT2D eigenvalue weighted by molar-refractivity contribution is 8.00. The van der Waals surface area contributed by atoms with Crippen LogP contribution < -0.4 is 10.1 Å². The summed E-state index contributed by atoms with van der Waals surface area (Å²) in [5, 5.41) is 17.5. The van der Waals surface area contributed by atoms with Gasteiger partial charge in [-0.2, -0.15) is 9.78 Å². The van der Waals surface area contributed by atoms with E-state index in [4.69, 9.17) is 4.74 Å². The number of nitrogens with zero attached hydrogens (tertiary/aromatic N) is 4. The molecule has 2 aromatic heterocycles. The van der Waals surface area contributed by atoms with Crippen LogP contribution in [0.2, 0.25) is 0 Å². The Bertz CT molecular complexity index is 1010. The van der Waals surface area contributed by atoms with Crippen molar-refractivity contribution in [3.8, 4) is 17.4 Å². The molecule has 4 rings (SSSR count). The number of hydrogen-bond acceptors (Lipinski definition) is 7. The molecular formula is C18H17N5O3S. The topological polar surface area (TPSA) is 102 Å². The van der Waals surface area contributed by atoms with E-state index in [9.17, 15) is 9.90 Å². The van der Waals surface area contributed by atoms with Crippen molar-refractivity contribution in [3.05, 3.63) is 53.5 Å². The highest BCUT2D eigenvalue weighted by Gasteiger charge is 2.31. The van der Waals surface area contributed by atoms with Gasteiger partial charge < -0.3 is 15.2 Å². The summed E-state index contributed by atoms with van der Waals surface area (Å²) in [6, 6.07) is 6.97. The third-order valence-electron chi connectivity index (χ3n) is 4.26. The minimum Gasteiger partial charge on any atom is -0.504 e. The second kappa shape index (κ2) is 6.92. The van der Waals surface area contributed by atoms with Gasteiger partial charge in [0.15, 0.2) is 11.5 Å². The number of fused-ring (bicyclic) bond motifs is 1. The molecule has 1 atom stereocenters. The first-order valence-electron chi connectivity index (χ1n) is 8.23. The van der Waals surface area contributed by atoms with Gasteiger partial charge in [0.2, 0.25) is 5.91 Å². The molecule has 1 aliphatic heterocycles. The van der Waals surface area contributed by atoms with Gasteiger partial charge in [0.1, 0.15) is 5.82 Å². The lowest BCUT2D eigenvalue weighted by Gasteiger charge is -2.16. The number of carbonyl (C=O) groups excluding carboxylic acids is 1. The molecule has 8 nitrogen and oxygen atoms in total. The van der Waals surface area contributed by atoms with E-state index in [-0.39, 0.29) is 22.7 Å². The minimum atomic E-state index is -0.187. The number of phenols is 1. The lowest BCUT2D eigenvalue weighted by molar-refractivity contribution is -0.113. The number of aromatic hydroxyl groups is 1. The molecule has 0 radical (unpaired) electrons. The predicted molar refractivity (Wildman–Crippen MR) is 101 cm³/mol.